The van der Waals surface area contributed by atoms with Gasteiger partial charge in [-0.05, 0) is 6.16 Å². The van der Waals surface area contributed by atoms with Crippen LogP contribution in [0.1, 0.15) is 0 Å². The lowest BCUT2D eigenvalue weighted by atomic mass is 10.5. The highest BCUT2D eigenvalue weighted by atomic mass is 31.0. The molecular formula is C6H8NO2P. The lowest BCUT2D eigenvalue weighted by Crippen LogP contribution is -2.31. The van der Waals surface area contributed by atoms with Gasteiger partial charge in [0.1, 0.15) is 0 Å². The van der Waals surface area contributed by atoms with Crippen LogP contribution in [0.3, 0.4) is 0 Å². The second-order valence-corrected chi connectivity index (χ2v) is 2.53. The first-order valence-corrected chi connectivity index (χ1v) is 3.81. The Hall–Kier alpha value is -0.690. The smallest absolute Gasteiger partial charge is 0.253 e. The Labute approximate surface area is 61.3 Å². The molecule has 0 aromatic rings. The van der Waals surface area contributed by atoms with E-state index in [4.69, 9.17) is 0 Å². The minimum atomic E-state index is -0.201. The molecule has 0 N–H and O–H groups in total. The second-order valence-electron chi connectivity index (χ2n) is 1.95. The number of hydrogen-bond acceptors (Lipinski definition) is 2. The summed E-state index contributed by atoms with van der Waals surface area (Å²) in [7, 11) is 2.47. The molecule has 1 atom stereocenters. The molecule has 1 aliphatic rings. The first kappa shape index (κ1) is 7.42. The molecule has 0 bridgehead atoms. The standard InChI is InChI=1S/C6H8NO2P/c8-5-1-2-6(9)7(5)3-4-10/h1-2H,3-4,10H2. The van der Waals surface area contributed by atoms with E-state index in [9.17, 15) is 9.59 Å². The first-order chi connectivity index (χ1) is 4.75. The molecule has 1 heterocycles. The summed E-state index contributed by atoms with van der Waals surface area (Å²) in [5, 5.41) is 0. The fourth-order valence-electron chi connectivity index (χ4n) is 0.781. The van der Waals surface area contributed by atoms with Gasteiger partial charge in [0.25, 0.3) is 11.8 Å². The van der Waals surface area contributed by atoms with Crippen LogP contribution in [0.5, 0.6) is 0 Å². The quantitative estimate of drug-likeness (QED) is 0.410. The SMILES string of the molecule is O=C1C=CC(=O)N1CCP. The van der Waals surface area contributed by atoms with Crippen LogP contribution in [0.15, 0.2) is 12.2 Å². The van der Waals surface area contributed by atoms with Crippen molar-refractivity contribution < 1.29 is 9.59 Å². The third-order valence-corrected chi connectivity index (χ3v) is 1.51. The van der Waals surface area contributed by atoms with E-state index in [1.165, 1.54) is 17.1 Å². The van der Waals surface area contributed by atoms with Crippen LogP contribution in [0.4, 0.5) is 0 Å². The summed E-state index contributed by atoms with van der Waals surface area (Å²) in [6.45, 7) is 0.495. The Morgan fingerprint density at radius 3 is 2.20 bits per heavy atom. The molecule has 0 fully saturated rings. The van der Waals surface area contributed by atoms with E-state index in [-0.39, 0.29) is 11.8 Å². The van der Waals surface area contributed by atoms with Crippen molar-refractivity contribution in [2.75, 3.05) is 12.7 Å². The number of nitrogens with zero attached hydrogens (tertiary/aromatic N) is 1. The Bertz CT molecular complexity index is 182. The van der Waals surface area contributed by atoms with Crippen molar-refractivity contribution in [2.24, 2.45) is 0 Å². The lowest BCUT2D eigenvalue weighted by Gasteiger charge is -2.10. The molecule has 10 heavy (non-hydrogen) atoms. The van der Waals surface area contributed by atoms with Crippen LogP contribution in [-0.2, 0) is 9.59 Å². The molecular weight excluding hydrogens is 149 g/mol. The van der Waals surface area contributed by atoms with Crippen molar-refractivity contribution in [2.45, 2.75) is 0 Å². The molecule has 1 rings (SSSR count). The zero-order chi connectivity index (χ0) is 7.56. The van der Waals surface area contributed by atoms with Gasteiger partial charge in [0.2, 0.25) is 0 Å². The summed E-state index contributed by atoms with van der Waals surface area (Å²) >= 11 is 0. The molecule has 1 aliphatic heterocycles. The molecule has 0 aromatic heterocycles. The van der Waals surface area contributed by atoms with Crippen LogP contribution in [0.2, 0.25) is 0 Å². The Kier molecular flexibility index (Phi) is 2.17. The van der Waals surface area contributed by atoms with Crippen molar-refractivity contribution in [1.29, 1.82) is 0 Å². The number of carbonyl (C=O) groups excluding carboxylic acids is 2. The van der Waals surface area contributed by atoms with Crippen molar-refractivity contribution in [3.05, 3.63) is 12.2 Å². The molecule has 0 saturated carbocycles. The predicted octanol–water partition coefficient (Wildman–Crippen LogP) is -0.214. The van der Waals surface area contributed by atoms with E-state index in [1.54, 1.807) is 0 Å². The van der Waals surface area contributed by atoms with Crippen molar-refractivity contribution >= 4 is 21.1 Å². The normalized spacial score (nSPS) is 17.1. The Balaban J connectivity index is 2.60. The van der Waals surface area contributed by atoms with Crippen LogP contribution in [0.25, 0.3) is 0 Å². The van der Waals surface area contributed by atoms with Gasteiger partial charge in [-0.1, -0.05) is 0 Å². The number of hydrogen-bond donors (Lipinski definition) is 0. The van der Waals surface area contributed by atoms with Crippen LogP contribution in [0, 0.1) is 0 Å². The first-order valence-electron chi connectivity index (χ1n) is 2.99. The van der Waals surface area contributed by atoms with E-state index in [0.717, 1.165) is 6.16 Å². The summed E-state index contributed by atoms with van der Waals surface area (Å²) in [5.41, 5.74) is 0. The average Bonchev–Trinajstić information content (AvgIpc) is 2.20. The maximum absolute atomic E-state index is 10.8. The van der Waals surface area contributed by atoms with Crippen molar-refractivity contribution in [1.82, 2.24) is 4.90 Å². The minimum Gasteiger partial charge on any atom is -0.275 e. The fourth-order valence-corrected chi connectivity index (χ4v) is 1.04. The predicted molar refractivity (Wildman–Crippen MR) is 40.4 cm³/mol. The summed E-state index contributed by atoms with van der Waals surface area (Å²) in [6, 6.07) is 0. The number of imide groups is 1. The summed E-state index contributed by atoms with van der Waals surface area (Å²) in [6.07, 6.45) is 3.32. The molecule has 1 unspecified atom stereocenters. The number of carbonyl (C=O) groups is 2. The molecule has 4 heteroatoms. The Morgan fingerprint density at radius 2 is 1.80 bits per heavy atom. The van der Waals surface area contributed by atoms with Gasteiger partial charge in [-0.25, -0.2) is 0 Å². The molecule has 0 saturated heterocycles. The van der Waals surface area contributed by atoms with Crippen molar-refractivity contribution in [3.8, 4) is 0 Å². The molecule has 0 aliphatic carbocycles. The molecule has 54 valence electrons. The third-order valence-electron chi connectivity index (χ3n) is 1.25. The fraction of sp³-hybridized carbons (Fsp3) is 0.333. The molecule has 3 nitrogen and oxygen atoms in total. The summed E-state index contributed by atoms with van der Waals surface area (Å²) in [4.78, 5) is 22.8. The molecule has 0 aromatic carbocycles. The van der Waals surface area contributed by atoms with Crippen LogP contribution >= 0.6 is 9.24 Å². The maximum Gasteiger partial charge on any atom is 0.253 e. The lowest BCUT2D eigenvalue weighted by molar-refractivity contribution is -0.136. The molecule has 0 spiro atoms. The molecule has 2 amide bonds. The van der Waals surface area contributed by atoms with E-state index < -0.39 is 0 Å². The second kappa shape index (κ2) is 2.93. The van der Waals surface area contributed by atoms with Gasteiger partial charge >= 0.3 is 0 Å². The topological polar surface area (TPSA) is 37.4 Å². The highest BCUT2D eigenvalue weighted by Crippen LogP contribution is 2.02. The van der Waals surface area contributed by atoms with Gasteiger partial charge in [-0.15, -0.1) is 9.24 Å². The summed E-state index contributed by atoms with van der Waals surface area (Å²) < 4.78 is 0. The summed E-state index contributed by atoms with van der Waals surface area (Å²) in [5.74, 6) is -0.403. The van der Waals surface area contributed by atoms with Crippen molar-refractivity contribution in [3.63, 3.8) is 0 Å². The largest absolute Gasteiger partial charge is 0.275 e. The maximum atomic E-state index is 10.8. The number of rotatable bonds is 2. The van der Waals surface area contributed by atoms with Crippen LogP contribution < -0.4 is 0 Å². The van der Waals surface area contributed by atoms with Gasteiger partial charge < -0.3 is 0 Å². The Morgan fingerprint density at radius 1 is 1.30 bits per heavy atom. The van der Waals surface area contributed by atoms with Crippen LogP contribution in [-0.4, -0.2) is 29.4 Å². The van der Waals surface area contributed by atoms with Gasteiger partial charge in [0.05, 0.1) is 0 Å². The third kappa shape index (κ3) is 1.24. The van der Waals surface area contributed by atoms with E-state index in [0.29, 0.717) is 6.54 Å². The van der Waals surface area contributed by atoms with Gasteiger partial charge in [0, 0.05) is 18.7 Å². The minimum absolute atomic E-state index is 0.201. The van der Waals surface area contributed by atoms with E-state index >= 15 is 0 Å². The zero-order valence-corrected chi connectivity index (χ0v) is 6.56. The zero-order valence-electron chi connectivity index (χ0n) is 5.41. The molecule has 0 radical (unpaired) electrons. The van der Waals surface area contributed by atoms with Gasteiger partial charge in [0.15, 0.2) is 0 Å². The van der Waals surface area contributed by atoms with E-state index in [1.807, 2.05) is 0 Å². The highest BCUT2D eigenvalue weighted by Gasteiger charge is 2.21. The average molecular weight is 157 g/mol. The monoisotopic (exact) mass is 157 g/mol. The van der Waals surface area contributed by atoms with Gasteiger partial charge in [-0.2, -0.15) is 0 Å². The number of amides is 2. The van der Waals surface area contributed by atoms with E-state index in [2.05, 4.69) is 9.24 Å². The highest BCUT2D eigenvalue weighted by molar-refractivity contribution is 7.16. The van der Waals surface area contributed by atoms with Gasteiger partial charge in [-0.3, -0.25) is 14.5 Å².